The molecular weight excluding hydrogens is 476 g/mol. The predicted molar refractivity (Wildman–Crippen MR) is 133 cm³/mol. The average molecular weight is 499 g/mol. The number of ether oxygens (including phenoxy) is 3. The summed E-state index contributed by atoms with van der Waals surface area (Å²) < 4.78 is 15.9. The summed E-state index contributed by atoms with van der Waals surface area (Å²) in [6.07, 6.45) is 0. The van der Waals surface area contributed by atoms with E-state index in [0.717, 1.165) is 33.5 Å². The largest absolute Gasteiger partial charge is 0.497 e. The number of carbonyl (C=O) groups excluding carboxylic acids is 2. The molecule has 0 radical (unpaired) electrons. The van der Waals surface area contributed by atoms with Crippen LogP contribution in [-0.2, 0) is 9.53 Å². The molecule has 1 aromatic carbocycles. The van der Waals surface area contributed by atoms with Crippen molar-refractivity contribution < 1.29 is 23.8 Å². The van der Waals surface area contributed by atoms with Gasteiger partial charge in [0.25, 0.3) is 5.91 Å². The molecule has 0 saturated heterocycles. The summed E-state index contributed by atoms with van der Waals surface area (Å²) in [6, 6.07) is 7.27. The van der Waals surface area contributed by atoms with Crippen molar-refractivity contribution in [2.75, 3.05) is 31.9 Å². The minimum Gasteiger partial charge on any atom is -0.497 e. The number of esters is 1. The number of rotatable bonds is 7. The Morgan fingerprint density at radius 1 is 1.12 bits per heavy atom. The Bertz CT molecular complexity index is 1400. The number of aryl methyl sites for hydroxylation is 2. The molecule has 0 saturated carbocycles. The first kappa shape index (κ1) is 23.5. The monoisotopic (exact) mass is 498 g/mol. The van der Waals surface area contributed by atoms with Gasteiger partial charge in [-0.2, -0.15) is 0 Å². The number of thiazole rings is 1. The van der Waals surface area contributed by atoms with Crippen molar-refractivity contribution >= 4 is 55.6 Å². The molecule has 0 spiro atoms. The SMILES string of the molecule is COc1ccc(OC)c(-c2csc(NC(=O)COC(=O)c3sc4nc(C)cc(C)c4c3N)n2)c1. The molecule has 11 heteroatoms. The van der Waals surface area contributed by atoms with E-state index in [2.05, 4.69) is 15.3 Å². The second-order valence-corrected chi connectivity index (χ2v) is 9.19. The quantitative estimate of drug-likeness (QED) is 0.359. The molecule has 9 nitrogen and oxygen atoms in total. The van der Waals surface area contributed by atoms with Crippen LogP contribution in [0.15, 0.2) is 29.6 Å². The molecule has 0 atom stereocenters. The van der Waals surface area contributed by atoms with Crippen molar-refractivity contribution in [2.24, 2.45) is 0 Å². The number of carbonyl (C=O) groups is 2. The van der Waals surface area contributed by atoms with E-state index >= 15 is 0 Å². The molecule has 0 aliphatic rings. The lowest BCUT2D eigenvalue weighted by Gasteiger charge is -2.08. The zero-order chi connectivity index (χ0) is 24.4. The normalized spacial score (nSPS) is 10.8. The van der Waals surface area contributed by atoms with Gasteiger partial charge in [-0.05, 0) is 43.7 Å². The molecule has 0 aliphatic carbocycles. The number of fused-ring (bicyclic) bond motifs is 1. The summed E-state index contributed by atoms with van der Waals surface area (Å²) in [4.78, 5) is 34.7. The topological polar surface area (TPSA) is 126 Å². The third-order valence-electron chi connectivity index (χ3n) is 4.98. The number of nitrogens with two attached hydrogens (primary N) is 1. The summed E-state index contributed by atoms with van der Waals surface area (Å²) in [5.74, 6) is 0.0893. The minimum atomic E-state index is -0.673. The van der Waals surface area contributed by atoms with Crippen LogP contribution in [0.25, 0.3) is 21.5 Å². The molecule has 3 aromatic heterocycles. The number of nitrogen functional groups attached to an aromatic ring is 1. The fraction of sp³-hybridized carbons (Fsp3) is 0.217. The first-order valence-electron chi connectivity index (χ1n) is 10.1. The van der Waals surface area contributed by atoms with Crippen LogP contribution in [0.5, 0.6) is 11.5 Å². The maximum atomic E-state index is 12.6. The Morgan fingerprint density at radius 2 is 1.91 bits per heavy atom. The number of thiophene rings is 1. The number of nitrogens with zero attached hydrogens (tertiary/aromatic N) is 2. The Hall–Kier alpha value is -3.70. The van der Waals surface area contributed by atoms with Crippen LogP contribution in [0.1, 0.15) is 20.9 Å². The molecule has 4 rings (SSSR count). The van der Waals surface area contributed by atoms with E-state index < -0.39 is 18.5 Å². The van der Waals surface area contributed by atoms with Gasteiger partial charge in [0.2, 0.25) is 0 Å². The number of amides is 1. The molecule has 3 heterocycles. The van der Waals surface area contributed by atoms with Gasteiger partial charge in [-0.15, -0.1) is 22.7 Å². The molecule has 0 aliphatic heterocycles. The van der Waals surface area contributed by atoms with Gasteiger partial charge in [-0.1, -0.05) is 0 Å². The van der Waals surface area contributed by atoms with Crippen LogP contribution in [0.2, 0.25) is 0 Å². The van der Waals surface area contributed by atoms with Crippen LogP contribution in [0.3, 0.4) is 0 Å². The van der Waals surface area contributed by atoms with Crippen molar-refractivity contribution in [3.63, 3.8) is 0 Å². The van der Waals surface area contributed by atoms with E-state index in [1.807, 2.05) is 19.9 Å². The van der Waals surface area contributed by atoms with E-state index in [1.165, 1.54) is 11.3 Å². The fourth-order valence-corrected chi connectivity index (χ4v) is 5.28. The van der Waals surface area contributed by atoms with Gasteiger partial charge in [0, 0.05) is 22.0 Å². The average Bonchev–Trinajstić information content (AvgIpc) is 3.41. The van der Waals surface area contributed by atoms with E-state index in [9.17, 15) is 9.59 Å². The molecular formula is C23H22N4O5S2. The van der Waals surface area contributed by atoms with E-state index in [4.69, 9.17) is 19.9 Å². The van der Waals surface area contributed by atoms with Crippen LogP contribution >= 0.6 is 22.7 Å². The van der Waals surface area contributed by atoms with Crippen LogP contribution in [-0.4, -0.2) is 42.7 Å². The Morgan fingerprint density at radius 3 is 2.65 bits per heavy atom. The number of methoxy groups -OCH3 is 2. The zero-order valence-electron chi connectivity index (χ0n) is 18.9. The number of anilines is 2. The van der Waals surface area contributed by atoms with Gasteiger partial charge < -0.3 is 19.9 Å². The maximum absolute atomic E-state index is 12.6. The first-order valence-corrected chi connectivity index (χ1v) is 11.8. The molecule has 4 aromatic rings. The molecule has 0 bridgehead atoms. The number of hydrogen-bond donors (Lipinski definition) is 2. The van der Waals surface area contributed by atoms with Gasteiger partial charge in [-0.25, -0.2) is 14.8 Å². The standard InChI is InChI=1S/C23H22N4O5S2/c1-11-7-12(2)25-21-18(11)19(24)20(34-21)22(29)32-9-17(28)27-23-26-15(10-33-23)14-8-13(30-3)5-6-16(14)31-4/h5-8,10H,9,24H2,1-4H3,(H,26,27,28). The number of nitrogens with one attached hydrogen (secondary N) is 1. The van der Waals surface area contributed by atoms with Gasteiger partial charge in [0.1, 0.15) is 21.2 Å². The van der Waals surface area contributed by atoms with Crippen molar-refractivity contribution in [1.29, 1.82) is 0 Å². The third kappa shape index (κ3) is 4.66. The highest BCUT2D eigenvalue weighted by Crippen LogP contribution is 2.36. The Balaban J connectivity index is 1.42. The second kappa shape index (κ2) is 9.65. The van der Waals surface area contributed by atoms with E-state index in [1.54, 1.807) is 37.8 Å². The van der Waals surface area contributed by atoms with Crippen molar-refractivity contribution in [3.05, 3.63) is 45.8 Å². The van der Waals surface area contributed by atoms with E-state index in [0.29, 0.717) is 32.8 Å². The smallest absolute Gasteiger partial charge is 0.351 e. The Labute approximate surface area is 203 Å². The predicted octanol–water partition coefficient (Wildman–Crippen LogP) is 4.43. The summed E-state index contributed by atoms with van der Waals surface area (Å²) in [5.41, 5.74) is 9.58. The van der Waals surface area contributed by atoms with Crippen LogP contribution in [0.4, 0.5) is 10.8 Å². The van der Waals surface area contributed by atoms with Gasteiger partial charge in [-0.3, -0.25) is 10.1 Å². The maximum Gasteiger partial charge on any atom is 0.351 e. The molecule has 0 unspecified atom stereocenters. The molecule has 3 N–H and O–H groups in total. The summed E-state index contributed by atoms with van der Waals surface area (Å²) in [7, 11) is 3.14. The first-order chi connectivity index (χ1) is 16.3. The number of benzene rings is 1. The lowest BCUT2D eigenvalue weighted by molar-refractivity contribution is -0.119. The highest BCUT2D eigenvalue weighted by molar-refractivity contribution is 7.21. The summed E-state index contributed by atoms with van der Waals surface area (Å²) in [6.45, 7) is 3.31. The molecule has 1 amide bonds. The highest BCUT2D eigenvalue weighted by Gasteiger charge is 2.21. The third-order valence-corrected chi connectivity index (χ3v) is 6.81. The Kier molecular flexibility index (Phi) is 6.66. The van der Waals surface area contributed by atoms with Crippen LogP contribution < -0.4 is 20.5 Å². The zero-order valence-corrected chi connectivity index (χ0v) is 20.6. The van der Waals surface area contributed by atoms with E-state index in [-0.39, 0.29) is 4.88 Å². The van der Waals surface area contributed by atoms with Crippen molar-refractivity contribution in [2.45, 2.75) is 13.8 Å². The van der Waals surface area contributed by atoms with Crippen molar-refractivity contribution in [3.8, 4) is 22.8 Å². The van der Waals surface area contributed by atoms with Gasteiger partial charge in [0.15, 0.2) is 11.7 Å². The lowest BCUT2D eigenvalue weighted by atomic mass is 10.1. The number of aromatic nitrogens is 2. The minimum absolute atomic E-state index is 0.227. The summed E-state index contributed by atoms with van der Waals surface area (Å²) in [5, 5.41) is 5.52. The highest BCUT2D eigenvalue weighted by atomic mass is 32.1. The molecule has 34 heavy (non-hydrogen) atoms. The number of hydrogen-bond acceptors (Lipinski definition) is 10. The lowest BCUT2D eigenvalue weighted by Crippen LogP contribution is -2.20. The van der Waals surface area contributed by atoms with Crippen molar-refractivity contribution in [1.82, 2.24) is 9.97 Å². The van der Waals surface area contributed by atoms with Gasteiger partial charge in [0.05, 0.1) is 25.6 Å². The molecule has 176 valence electrons. The fourth-order valence-electron chi connectivity index (χ4n) is 3.44. The summed E-state index contributed by atoms with van der Waals surface area (Å²) >= 11 is 2.39. The number of pyridine rings is 1. The second-order valence-electron chi connectivity index (χ2n) is 7.33. The molecule has 0 fully saturated rings. The van der Waals surface area contributed by atoms with Crippen LogP contribution in [0, 0.1) is 13.8 Å². The van der Waals surface area contributed by atoms with Gasteiger partial charge >= 0.3 is 5.97 Å².